The Kier molecular flexibility index (Phi) is 11.0. The Hall–Kier alpha value is -3.76. The summed E-state index contributed by atoms with van der Waals surface area (Å²) in [6.07, 6.45) is 0. The van der Waals surface area contributed by atoms with E-state index >= 15 is 0 Å². The van der Waals surface area contributed by atoms with E-state index in [0.29, 0.717) is 17.2 Å². The van der Waals surface area contributed by atoms with Crippen LogP contribution in [0.3, 0.4) is 0 Å². The minimum absolute atomic E-state index is 0.132. The molecule has 2 rings (SSSR count). The maximum absolute atomic E-state index is 13.8. The van der Waals surface area contributed by atoms with E-state index in [1.165, 1.54) is 17.6 Å². The van der Waals surface area contributed by atoms with Crippen LogP contribution in [0.2, 0.25) is 0 Å². The predicted octanol–water partition coefficient (Wildman–Crippen LogP) is 3.42. The normalized spacial score (nSPS) is 11.0. The first-order chi connectivity index (χ1) is 16.3. The van der Waals surface area contributed by atoms with Gasteiger partial charge in [0.1, 0.15) is 23.2 Å². The summed E-state index contributed by atoms with van der Waals surface area (Å²) in [5, 5.41) is 2.47. The van der Waals surface area contributed by atoms with Crippen LogP contribution in [0.1, 0.15) is 49.7 Å². The molecule has 0 bridgehead atoms. The molecule has 0 aliphatic rings. The molecular weight excluding hydrogens is 462 g/mol. The standard InChI is InChI=1S/C14H14F2N2O2.C10H18N2O3/c1-4-20-14(19)13-8(2)18(9(3)17-13)12-6-5-10(15)7-11(12)16;1-6-15-10(14)9(11-8(3)13)7(2)12(4)5/h5-7H,4H2,1-3H3;6H2,1-5H3,(H,11,13)/b;9-7-. The van der Waals surface area contributed by atoms with E-state index in [-0.39, 0.29) is 36.2 Å². The average molecular weight is 495 g/mol. The van der Waals surface area contributed by atoms with E-state index < -0.39 is 23.6 Å². The monoisotopic (exact) mass is 494 g/mol. The van der Waals surface area contributed by atoms with Crippen LogP contribution >= 0.6 is 0 Å². The van der Waals surface area contributed by atoms with Gasteiger partial charge in [0.05, 0.1) is 24.6 Å². The van der Waals surface area contributed by atoms with E-state index in [1.54, 1.807) is 53.6 Å². The summed E-state index contributed by atoms with van der Waals surface area (Å²) in [5.41, 5.74) is 1.57. The molecule has 11 heteroatoms. The molecule has 0 radical (unpaired) electrons. The highest BCUT2D eigenvalue weighted by molar-refractivity contribution is 5.93. The van der Waals surface area contributed by atoms with Gasteiger partial charge in [0, 0.05) is 32.8 Å². The Morgan fingerprint density at radius 1 is 1.06 bits per heavy atom. The van der Waals surface area contributed by atoms with Crippen molar-refractivity contribution in [1.29, 1.82) is 0 Å². The number of carbonyl (C=O) groups excluding carboxylic acids is 3. The number of aromatic nitrogens is 2. The van der Waals surface area contributed by atoms with E-state index in [4.69, 9.17) is 9.47 Å². The molecule has 0 aliphatic heterocycles. The topological polar surface area (TPSA) is 103 Å². The van der Waals surface area contributed by atoms with Gasteiger partial charge < -0.3 is 19.7 Å². The van der Waals surface area contributed by atoms with Crippen LogP contribution in [0.25, 0.3) is 5.69 Å². The number of ether oxygens (including phenoxy) is 2. The summed E-state index contributed by atoms with van der Waals surface area (Å²) in [6, 6.07) is 3.25. The molecule has 0 unspecified atom stereocenters. The molecule has 0 spiro atoms. The van der Waals surface area contributed by atoms with Crippen molar-refractivity contribution in [3.05, 3.63) is 58.4 Å². The largest absolute Gasteiger partial charge is 0.461 e. The minimum Gasteiger partial charge on any atom is -0.461 e. The predicted molar refractivity (Wildman–Crippen MR) is 126 cm³/mol. The lowest BCUT2D eigenvalue weighted by molar-refractivity contribution is -0.140. The molecule has 0 aliphatic carbocycles. The second-order valence-corrected chi connectivity index (χ2v) is 7.50. The number of hydrogen-bond acceptors (Lipinski definition) is 7. The third kappa shape index (κ3) is 7.90. The van der Waals surface area contributed by atoms with E-state index in [0.717, 1.165) is 12.1 Å². The van der Waals surface area contributed by atoms with Gasteiger partial charge >= 0.3 is 11.9 Å². The van der Waals surface area contributed by atoms with Crippen molar-refractivity contribution >= 4 is 17.8 Å². The number of carbonyl (C=O) groups is 3. The fourth-order valence-corrected chi connectivity index (χ4v) is 2.94. The van der Waals surface area contributed by atoms with E-state index in [1.807, 2.05) is 0 Å². The lowest BCUT2D eigenvalue weighted by atomic mass is 10.2. The highest BCUT2D eigenvalue weighted by Crippen LogP contribution is 2.21. The third-order valence-corrected chi connectivity index (χ3v) is 4.71. The van der Waals surface area contributed by atoms with E-state index in [2.05, 4.69) is 10.3 Å². The zero-order valence-corrected chi connectivity index (χ0v) is 21.3. The fraction of sp³-hybridized carbons (Fsp3) is 0.417. The highest BCUT2D eigenvalue weighted by atomic mass is 19.1. The third-order valence-electron chi connectivity index (χ3n) is 4.71. The molecule has 1 aromatic heterocycles. The molecule has 1 aromatic carbocycles. The summed E-state index contributed by atoms with van der Waals surface area (Å²) in [4.78, 5) is 40.0. The quantitative estimate of drug-likeness (QED) is 0.465. The maximum Gasteiger partial charge on any atom is 0.358 e. The molecule has 0 atom stereocenters. The Morgan fingerprint density at radius 3 is 2.14 bits per heavy atom. The number of allylic oxidation sites excluding steroid dienone is 1. The van der Waals surface area contributed by atoms with Crippen LogP contribution in [0.4, 0.5) is 8.78 Å². The van der Waals surface area contributed by atoms with Crippen LogP contribution < -0.4 is 5.32 Å². The van der Waals surface area contributed by atoms with Gasteiger partial charge in [-0.2, -0.15) is 0 Å². The maximum atomic E-state index is 13.8. The summed E-state index contributed by atoms with van der Waals surface area (Å²) in [5.74, 6) is -2.32. The van der Waals surface area contributed by atoms with E-state index in [9.17, 15) is 23.2 Å². The van der Waals surface area contributed by atoms with Crippen molar-refractivity contribution in [1.82, 2.24) is 19.8 Å². The SMILES string of the molecule is CCOC(=O)/C(NC(C)=O)=C(\C)N(C)C.CCOC(=O)c1nc(C)n(-c2ccc(F)cc2F)c1C. The zero-order chi connectivity index (χ0) is 26.9. The molecule has 9 nitrogen and oxygen atoms in total. The lowest BCUT2D eigenvalue weighted by Gasteiger charge is -2.17. The molecule has 0 saturated carbocycles. The number of halogens is 2. The van der Waals surface area contributed by atoms with Crippen molar-refractivity contribution in [2.45, 2.75) is 41.5 Å². The Morgan fingerprint density at radius 2 is 1.66 bits per heavy atom. The van der Waals surface area contributed by atoms with Crippen molar-refractivity contribution in [2.75, 3.05) is 27.3 Å². The second kappa shape index (κ2) is 13.2. The van der Waals surface area contributed by atoms with Gasteiger partial charge in [0.15, 0.2) is 5.69 Å². The Labute approximate surface area is 203 Å². The van der Waals surface area contributed by atoms with Crippen LogP contribution in [0.5, 0.6) is 0 Å². The molecule has 192 valence electrons. The number of nitrogens with one attached hydrogen (secondary N) is 1. The number of aryl methyl sites for hydroxylation is 1. The van der Waals surface area contributed by atoms with Gasteiger partial charge in [-0.05, 0) is 46.8 Å². The fourth-order valence-electron chi connectivity index (χ4n) is 2.94. The molecule has 0 fully saturated rings. The zero-order valence-electron chi connectivity index (χ0n) is 21.3. The number of benzene rings is 1. The van der Waals surface area contributed by atoms with Crippen molar-refractivity contribution in [2.24, 2.45) is 0 Å². The van der Waals surface area contributed by atoms with Crippen LogP contribution in [-0.4, -0.2) is 59.6 Å². The molecule has 1 N–H and O–H groups in total. The van der Waals surface area contributed by atoms with Gasteiger partial charge in [0.2, 0.25) is 5.91 Å². The van der Waals surface area contributed by atoms with Crippen LogP contribution in [-0.2, 0) is 19.1 Å². The molecule has 1 amide bonds. The smallest absolute Gasteiger partial charge is 0.358 e. The Balaban J connectivity index is 0.000000367. The highest BCUT2D eigenvalue weighted by Gasteiger charge is 2.21. The lowest BCUT2D eigenvalue weighted by Crippen LogP contribution is -2.30. The molecular formula is C24H32F2N4O5. The van der Waals surface area contributed by atoms with Crippen molar-refractivity contribution < 1.29 is 32.6 Å². The van der Waals surface area contributed by atoms with Crippen LogP contribution in [0, 0.1) is 25.5 Å². The van der Waals surface area contributed by atoms with Gasteiger partial charge in [-0.3, -0.25) is 9.36 Å². The molecule has 35 heavy (non-hydrogen) atoms. The van der Waals surface area contributed by atoms with Crippen molar-refractivity contribution in [3.63, 3.8) is 0 Å². The first-order valence-corrected chi connectivity index (χ1v) is 10.9. The van der Waals surface area contributed by atoms with Crippen LogP contribution in [0.15, 0.2) is 29.6 Å². The molecule has 2 aromatic rings. The summed E-state index contributed by atoms with van der Waals surface area (Å²) in [6.45, 7) is 10.3. The van der Waals surface area contributed by atoms with Crippen molar-refractivity contribution in [3.8, 4) is 5.69 Å². The summed E-state index contributed by atoms with van der Waals surface area (Å²) in [7, 11) is 3.58. The van der Waals surface area contributed by atoms with Gasteiger partial charge in [-0.15, -0.1) is 0 Å². The first kappa shape index (κ1) is 29.3. The first-order valence-electron chi connectivity index (χ1n) is 10.9. The van der Waals surface area contributed by atoms with Gasteiger partial charge in [-0.25, -0.2) is 23.4 Å². The number of imidazole rings is 1. The number of hydrogen-bond donors (Lipinski definition) is 1. The number of esters is 2. The van der Waals surface area contributed by atoms with Gasteiger partial charge in [0.25, 0.3) is 0 Å². The molecule has 1 heterocycles. The summed E-state index contributed by atoms with van der Waals surface area (Å²) >= 11 is 0. The number of nitrogens with zero attached hydrogens (tertiary/aromatic N) is 3. The number of rotatable bonds is 7. The molecule has 0 saturated heterocycles. The second-order valence-electron chi connectivity index (χ2n) is 7.50. The van der Waals surface area contributed by atoms with Gasteiger partial charge in [-0.1, -0.05) is 0 Å². The Bertz CT molecular complexity index is 1110. The number of amides is 1. The average Bonchev–Trinajstić information content (AvgIpc) is 3.06. The minimum atomic E-state index is -0.719. The summed E-state index contributed by atoms with van der Waals surface area (Å²) < 4.78 is 38.0.